The first-order chi connectivity index (χ1) is 4.13. The second-order valence-corrected chi connectivity index (χ2v) is 7.32. The molecule has 3 heteroatoms. The van der Waals surface area contributed by atoms with Crippen LogP contribution in [0.1, 0.15) is 19.3 Å². The van der Waals surface area contributed by atoms with E-state index in [4.69, 9.17) is 0 Å². The zero-order valence-electron chi connectivity index (χ0n) is 5.71. The molecule has 0 amide bonds. The molecule has 1 nitrogen and oxygen atoms in total. The van der Waals surface area contributed by atoms with Gasteiger partial charge in [-0.05, 0) is 19.5 Å². The van der Waals surface area contributed by atoms with Gasteiger partial charge >= 0.3 is 0 Å². The maximum Gasteiger partial charge on any atom is 0.0968 e. The lowest BCUT2D eigenvalue weighted by molar-refractivity contribution is 0.560. The van der Waals surface area contributed by atoms with Crippen LogP contribution in [0.5, 0.6) is 0 Å². The van der Waals surface area contributed by atoms with Crippen molar-refractivity contribution >= 4 is 19.8 Å². The van der Waals surface area contributed by atoms with E-state index in [0.29, 0.717) is 0 Å². The summed E-state index contributed by atoms with van der Waals surface area (Å²) >= 11 is 4.28. The molecular formula is C6H13OPS. The fourth-order valence-electron chi connectivity index (χ4n) is 1.17. The summed E-state index contributed by atoms with van der Waals surface area (Å²) in [5.41, 5.74) is 0. The summed E-state index contributed by atoms with van der Waals surface area (Å²) in [6, 6.07) is 0. The van der Waals surface area contributed by atoms with Gasteiger partial charge in [0.2, 0.25) is 0 Å². The van der Waals surface area contributed by atoms with E-state index in [1.165, 1.54) is 6.42 Å². The summed E-state index contributed by atoms with van der Waals surface area (Å²) < 4.78 is 11.5. The quantitative estimate of drug-likeness (QED) is 0.430. The Bertz CT molecular complexity index is 146. The Morgan fingerprint density at radius 2 is 2.22 bits per heavy atom. The average molecular weight is 164 g/mol. The summed E-state index contributed by atoms with van der Waals surface area (Å²) in [6.07, 6.45) is 4.33. The lowest BCUT2D eigenvalue weighted by atomic mass is 10.3. The van der Waals surface area contributed by atoms with Gasteiger partial charge in [-0.3, -0.25) is 0 Å². The molecule has 1 heterocycles. The smallest absolute Gasteiger partial charge is 0.0968 e. The third-order valence-corrected chi connectivity index (χ3v) is 6.39. The SMILES string of the molecule is CP1(=O)CCCCC1S. The van der Waals surface area contributed by atoms with Crippen molar-refractivity contribution in [3.05, 3.63) is 0 Å². The Kier molecular flexibility index (Phi) is 2.28. The minimum Gasteiger partial charge on any atom is -0.323 e. The molecule has 0 radical (unpaired) electrons. The first kappa shape index (κ1) is 7.68. The highest BCUT2D eigenvalue weighted by Crippen LogP contribution is 2.54. The molecule has 1 fully saturated rings. The van der Waals surface area contributed by atoms with Crippen molar-refractivity contribution in [1.29, 1.82) is 0 Å². The third kappa shape index (κ3) is 1.75. The van der Waals surface area contributed by atoms with Gasteiger partial charge in [0.05, 0.1) is 12.1 Å². The first-order valence-electron chi connectivity index (χ1n) is 3.37. The minimum absolute atomic E-state index is 0.200. The molecule has 1 rings (SSSR count). The number of thiol groups is 1. The van der Waals surface area contributed by atoms with E-state index in [1.807, 2.05) is 6.66 Å². The van der Waals surface area contributed by atoms with Gasteiger partial charge in [-0.25, -0.2) is 0 Å². The van der Waals surface area contributed by atoms with Crippen molar-refractivity contribution < 1.29 is 4.57 Å². The van der Waals surface area contributed by atoms with Gasteiger partial charge in [-0.2, -0.15) is 12.6 Å². The van der Waals surface area contributed by atoms with Crippen LogP contribution in [0.4, 0.5) is 0 Å². The molecule has 0 bridgehead atoms. The highest BCUT2D eigenvalue weighted by Gasteiger charge is 2.27. The van der Waals surface area contributed by atoms with Crippen molar-refractivity contribution in [1.82, 2.24) is 0 Å². The van der Waals surface area contributed by atoms with E-state index in [2.05, 4.69) is 12.6 Å². The molecule has 1 aliphatic rings. The fourth-order valence-corrected chi connectivity index (χ4v) is 3.58. The van der Waals surface area contributed by atoms with Crippen LogP contribution in [0, 0.1) is 0 Å². The van der Waals surface area contributed by atoms with Crippen molar-refractivity contribution in [2.75, 3.05) is 12.8 Å². The zero-order chi connectivity index (χ0) is 6.91. The monoisotopic (exact) mass is 164 g/mol. The van der Waals surface area contributed by atoms with Crippen LogP contribution in [0.2, 0.25) is 0 Å². The van der Waals surface area contributed by atoms with Crippen LogP contribution in [0.3, 0.4) is 0 Å². The molecule has 1 aliphatic heterocycles. The molecule has 0 saturated carbocycles. The van der Waals surface area contributed by atoms with Crippen molar-refractivity contribution in [2.45, 2.75) is 24.3 Å². The highest BCUT2D eigenvalue weighted by atomic mass is 32.1. The van der Waals surface area contributed by atoms with Crippen LogP contribution in [0.25, 0.3) is 0 Å². The first-order valence-corrected chi connectivity index (χ1v) is 6.30. The van der Waals surface area contributed by atoms with E-state index in [-0.39, 0.29) is 4.99 Å². The van der Waals surface area contributed by atoms with Crippen LogP contribution in [-0.4, -0.2) is 17.8 Å². The Morgan fingerprint density at radius 3 is 2.56 bits per heavy atom. The molecule has 2 atom stereocenters. The predicted octanol–water partition coefficient (Wildman–Crippen LogP) is 2.42. The standard InChI is InChI=1S/C6H13OPS/c1-8(7)5-3-2-4-6(8)9/h6,9H,2-5H2,1H3. The highest BCUT2D eigenvalue weighted by molar-refractivity contribution is 7.92. The zero-order valence-corrected chi connectivity index (χ0v) is 7.50. The van der Waals surface area contributed by atoms with Crippen molar-refractivity contribution in [2.24, 2.45) is 0 Å². The van der Waals surface area contributed by atoms with Gasteiger partial charge in [-0.1, -0.05) is 6.42 Å². The maximum atomic E-state index is 11.5. The Morgan fingerprint density at radius 1 is 1.56 bits per heavy atom. The van der Waals surface area contributed by atoms with Gasteiger partial charge in [0.1, 0.15) is 0 Å². The van der Waals surface area contributed by atoms with Gasteiger partial charge in [-0.15, -0.1) is 0 Å². The molecule has 0 aromatic carbocycles. The Hall–Kier alpha value is 0.580. The van der Waals surface area contributed by atoms with Crippen LogP contribution in [0.15, 0.2) is 0 Å². The lowest BCUT2D eigenvalue weighted by Crippen LogP contribution is -2.09. The molecule has 9 heavy (non-hydrogen) atoms. The van der Waals surface area contributed by atoms with Crippen molar-refractivity contribution in [3.8, 4) is 0 Å². The van der Waals surface area contributed by atoms with E-state index in [1.54, 1.807) is 0 Å². The molecule has 0 spiro atoms. The van der Waals surface area contributed by atoms with E-state index >= 15 is 0 Å². The van der Waals surface area contributed by atoms with Crippen LogP contribution < -0.4 is 0 Å². The fraction of sp³-hybridized carbons (Fsp3) is 1.00. The molecule has 0 aromatic heterocycles. The maximum absolute atomic E-state index is 11.5. The van der Waals surface area contributed by atoms with Crippen LogP contribution in [-0.2, 0) is 4.57 Å². The Labute approximate surface area is 62.0 Å². The van der Waals surface area contributed by atoms with Crippen molar-refractivity contribution in [3.63, 3.8) is 0 Å². The third-order valence-electron chi connectivity index (χ3n) is 1.94. The molecule has 2 unspecified atom stereocenters. The van der Waals surface area contributed by atoms with Gasteiger partial charge in [0.25, 0.3) is 0 Å². The Balaban J connectivity index is 2.60. The van der Waals surface area contributed by atoms with Crippen LogP contribution >= 0.6 is 19.8 Å². The summed E-state index contributed by atoms with van der Waals surface area (Å²) in [6.45, 7) is 1.88. The van der Waals surface area contributed by atoms with E-state index in [9.17, 15) is 4.57 Å². The van der Waals surface area contributed by atoms with E-state index < -0.39 is 7.14 Å². The average Bonchev–Trinajstić information content (AvgIpc) is 1.77. The predicted molar refractivity (Wildman–Crippen MR) is 45.0 cm³/mol. The largest absolute Gasteiger partial charge is 0.323 e. The molecule has 0 aliphatic carbocycles. The molecule has 0 N–H and O–H groups in total. The van der Waals surface area contributed by atoms with Gasteiger partial charge in [0.15, 0.2) is 0 Å². The normalized spacial score (nSPS) is 44.9. The molecule has 1 saturated heterocycles. The summed E-state index contributed by atoms with van der Waals surface area (Å²) in [5, 5.41) is 0. The summed E-state index contributed by atoms with van der Waals surface area (Å²) in [5.74, 6) is 0. The van der Waals surface area contributed by atoms with Gasteiger partial charge < -0.3 is 4.57 Å². The van der Waals surface area contributed by atoms with E-state index in [0.717, 1.165) is 19.0 Å². The summed E-state index contributed by atoms with van der Waals surface area (Å²) in [4.78, 5) is 0.200. The topological polar surface area (TPSA) is 17.1 Å². The molecule has 0 aromatic rings. The number of rotatable bonds is 0. The van der Waals surface area contributed by atoms with Gasteiger partial charge in [0, 0.05) is 6.16 Å². The number of hydrogen-bond acceptors (Lipinski definition) is 2. The molecule has 54 valence electrons. The number of hydrogen-bond donors (Lipinski definition) is 1. The minimum atomic E-state index is -1.81. The summed E-state index contributed by atoms with van der Waals surface area (Å²) in [7, 11) is -1.81. The lowest BCUT2D eigenvalue weighted by Gasteiger charge is -2.24. The second-order valence-electron chi connectivity index (χ2n) is 2.87. The second kappa shape index (κ2) is 2.67. The molecular weight excluding hydrogens is 151 g/mol.